The lowest BCUT2D eigenvalue weighted by molar-refractivity contribution is 0.147. The molecule has 217 valence electrons. The predicted octanol–water partition coefficient (Wildman–Crippen LogP) is 8.91. The van der Waals surface area contributed by atoms with Crippen LogP contribution in [0, 0.1) is 35.5 Å². The van der Waals surface area contributed by atoms with Crippen LogP contribution < -0.4 is 20.3 Å². The van der Waals surface area contributed by atoms with Crippen molar-refractivity contribution >= 4 is 23.6 Å². The molecule has 0 heterocycles. The van der Waals surface area contributed by atoms with E-state index in [1.165, 1.54) is 41.2 Å². The van der Waals surface area contributed by atoms with E-state index in [1.807, 2.05) is 0 Å². The largest absolute Gasteiger partial charge is 0.493 e. The van der Waals surface area contributed by atoms with Crippen LogP contribution in [-0.2, 0) is 0 Å². The zero-order valence-electron chi connectivity index (χ0n) is 26.7. The van der Waals surface area contributed by atoms with Gasteiger partial charge in [-0.25, -0.2) is 0 Å². The highest BCUT2D eigenvalue weighted by Gasteiger charge is 2.37. The summed E-state index contributed by atoms with van der Waals surface area (Å²) in [6.45, 7) is 24.3. The highest BCUT2D eigenvalue weighted by atomic mass is 28.3. The van der Waals surface area contributed by atoms with Crippen LogP contribution in [0.5, 0.6) is 5.75 Å². The van der Waals surface area contributed by atoms with E-state index in [9.17, 15) is 0 Å². The maximum Gasteiger partial charge on any atom is 0.148 e. The zero-order chi connectivity index (χ0) is 29.4. The van der Waals surface area contributed by atoms with Crippen LogP contribution in [0.1, 0.15) is 81.1 Å². The second-order valence-corrected chi connectivity index (χ2v) is 18.7. The second kappa shape index (κ2) is 14.0. The molecule has 0 N–H and O–H groups in total. The summed E-state index contributed by atoms with van der Waals surface area (Å²) >= 11 is 0. The van der Waals surface area contributed by atoms with Crippen molar-refractivity contribution in [3.8, 4) is 5.75 Å². The van der Waals surface area contributed by atoms with Crippen molar-refractivity contribution in [1.29, 1.82) is 0 Å². The molecule has 3 aromatic rings. The van der Waals surface area contributed by atoms with Gasteiger partial charge < -0.3 is 4.74 Å². The highest BCUT2D eigenvalue weighted by molar-refractivity contribution is 7.11. The van der Waals surface area contributed by atoms with Gasteiger partial charge in [0.05, 0.1) is 6.61 Å². The van der Waals surface area contributed by atoms with Crippen molar-refractivity contribution in [2.75, 3.05) is 6.61 Å². The summed E-state index contributed by atoms with van der Waals surface area (Å²) in [5.74, 6) is 2.90. The van der Waals surface area contributed by atoms with Gasteiger partial charge in [-0.3, -0.25) is 0 Å². The Hall–Kier alpha value is -2.32. The van der Waals surface area contributed by atoms with Gasteiger partial charge in [0.2, 0.25) is 0 Å². The Balaban J connectivity index is 1.80. The first-order valence-corrected chi connectivity index (χ1v) is 17.7. The molecule has 0 aromatic heterocycles. The molecule has 1 radical (unpaired) electrons. The average Bonchev–Trinajstić information content (AvgIpc) is 2.89. The first kappa shape index (κ1) is 32.2. The SMILES string of the molecule is [CH2]C[Si](c1ccccc1)(c1ccccc1)c1ccc(OCC(CCC(C)CC(C)(C)C)C(C)CC(C)(C)C)cc1. The van der Waals surface area contributed by atoms with Gasteiger partial charge in [0, 0.05) is 0 Å². The predicted molar refractivity (Wildman–Crippen MR) is 179 cm³/mol. The lowest BCUT2D eigenvalue weighted by Gasteiger charge is -2.33. The average molecular weight is 556 g/mol. The van der Waals surface area contributed by atoms with Crippen molar-refractivity contribution in [2.24, 2.45) is 28.6 Å². The van der Waals surface area contributed by atoms with Crippen molar-refractivity contribution in [3.05, 3.63) is 91.9 Å². The summed E-state index contributed by atoms with van der Waals surface area (Å²) < 4.78 is 6.55. The first-order chi connectivity index (χ1) is 18.8. The Bertz CT molecular complexity index is 1080. The fraction of sp³-hybridized carbons (Fsp3) is 0.500. The topological polar surface area (TPSA) is 9.23 Å². The lowest BCUT2D eigenvalue weighted by atomic mass is 9.76. The Morgan fingerprint density at radius 3 is 1.57 bits per heavy atom. The van der Waals surface area contributed by atoms with Gasteiger partial charge in [0.15, 0.2) is 0 Å². The van der Waals surface area contributed by atoms with E-state index in [-0.39, 0.29) is 0 Å². The molecule has 0 spiro atoms. The van der Waals surface area contributed by atoms with Crippen molar-refractivity contribution < 1.29 is 4.74 Å². The fourth-order valence-corrected chi connectivity index (χ4v) is 10.9. The third kappa shape index (κ3) is 9.10. The van der Waals surface area contributed by atoms with Crippen molar-refractivity contribution in [2.45, 2.75) is 87.1 Å². The summed E-state index contributed by atoms with van der Waals surface area (Å²) in [7, 11) is -2.22. The van der Waals surface area contributed by atoms with Crippen molar-refractivity contribution in [1.82, 2.24) is 0 Å². The van der Waals surface area contributed by atoms with Crippen LogP contribution >= 0.6 is 0 Å². The lowest BCUT2D eigenvalue weighted by Crippen LogP contribution is -2.66. The maximum absolute atomic E-state index is 6.55. The Morgan fingerprint density at radius 2 is 1.12 bits per heavy atom. The molecule has 1 nitrogen and oxygen atoms in total. The maximum atomic E-state index is 6.55. The summed E-state index contributed by atoms with van der Waals surface area (Å²) in [5.41, 5.74) is 0.712. The van der Waals surface area contributed by atoms with E-state index in [2.05, 4.69) is 147 Å². The zero-order valence-corrected chi connectivity index (χ0v) is 27.7. The molecule has 3 atom stereocenters. The number of rotatable bonds is 13. The summed E-state index contributed by atoms with van der Waals surface area (Å²) in [6, 6.07) is 31.9. The number of hydrogen-bond donors (Lipinski definition) is 0. The minimum absolute atomic E-state index is 0.327. The molecule has 0 saturated heterocycles. The van der Waals surface area contributed by atoms with Gasteiger partial charge in [0.1, 0.15) is 13.8 Å². The van der Waals surface area contributed by atoms with Gasteiger partial charge in [0.25, 0.3) is 0 Å². The van der Waals surface area contributed by atoms with Crippen LogP contribution in [0.3, 0.4) is 0 Å². The minimum atomic E-state index is -2.22. The Morgan fingerprint density at radius 1 is 0.650 bits per heavy atom. The van der Waals surface area contributed by atoms with E-state index in [0.717, 1.165) is 24.3 Å². The van der Waals surface area contributed by atoms with E-state index < -0.39 is 8.07 Å². The molecule has 0 amide bonds. The van der Waals surface area contributed by atoms with Gasteiger partial charge in [-0.1, -0.05) is 142 Å². The van der Waals surface area contributed by atoms with Gasteiger partial charge in [-0.15, -0.1) is 0 Å². The molecule has 0 saturated carbocycles. The van der Waals surface area contributed by atoms with E-state index in [4.69, 9.17) is 4.74 Å². The van der Waals surface area contributed by atoms with Crippen LogP contribution in [0.25, 0.3) is 0 Å². The summed E-state index contributed by atoms with van der Waals surface area (Å²) in [5, 5.41) is 4.21. The molecule has 0 aliphatic rings. The normalized spacial score (nSPS) is 14.9. The quantitative estimate of drug-likeness (QED) is 0.151. The second-order valence-electron chi connectivity index (χ2n) is 14.7. The molecule has 0 aliphatic heterocycles. The van der Waals surface area contributed by atoms with Crippen LogP contribution in [-0.4, -0.2) is 14.7 Å². The summed E-state index contributed by atoms with van der Waals surface area (Å²) in [6.07, 6.45) is 4.99. The molecular formula is C38H55OSi. The third-order valence-electron chi connectivity index (χ3n) is 8.45. The summed E-state index contributed by atoms with van der Waals surface area (Å²) in [4.78, 5) is 0. The smallest absolute Gasteiger partial charge is 0.148 e. The number of hydrogen-bond acceptors (Lipinski definition) is 1. The third-order valence-corrected chi connectivity index (χ3v) is 13.2. The molecule has 3 aromatic carbocycles. The van der Waals surface area contributed by atoms with Gasteiger partial charge in [-0.05, 0) is 81.6 Å². The molecule has 0 fully saturated rings. The Labute approximate surface area is 247 Å². The Kier molecular flexibility index (Phi) is 11.3. The molecule has 2 heteroatoms. The minimum Gasteiger partial charge on any atom is -0.493 e. The standard InChI is InChI=1S/C38H55OSi/c1-10-40(34-17-13-11-14-18-34,35-19-15-12-16-20-35)36-25-23-33(24-26-36)39-29-32(31(3)28-38(7,8)9)22-21-30(2)27-37(4,5)6/h11-20,23-26,30-32H,1,10,21-22,27-29H2,2-9H3. The molecule has 40 heavy (non-hydrogen) atoms. The van der Waals surface area contributed by atoms with Crippen LogP contribution in [0.4, 0.5) is 0 Å². The monoisotopic (exact) mass is 555 g/mol. The van der Waals surface area contributed by atoms with Gasteiger partial charge >= 0.3 is 0 Å². The van der Waals surface area contributed by atoms with Crippen LogP contribution in [0.15, 0.2) is 84.9 Å². The molecule has 3 unspecified atom stereocenters. The number of benzene rings is 3. The fourth-order valence-electron chi connectivity index (χ4n) is 6.73. The molecular weight excluding hydrogens is 501 g/mol. The first-order valence-electron chi connectivity index (χ1n) is 15.5. The van der Waals surface area contributed by atoms with Crippen LogP contribution in [0.2, 0.25) is 6.04 Å². The van der Waals surface area contributed by atoms with E-state index in [1.54, 1.807) is 0 Å². The number of ether oxygens (including phenoxy) is 1. The van der Waals surface area contributed by atoms with E-state index >= 15 is 0 Å². The van der Waals surface area contributed by atoms with Crippen molar-refractivity contribution in [3.63, 3.8) is 0 Å². The highest BCUT2D eigenvalue weighted by Crippen LogP contribution is 2.34. The molecule has 3 rings (SSSR count). The molecule has 0 aliphatic carbocycles. The molecule has 0 bridgehead atoms. The van der Waals surface area contributed by atoms with Gasteiger partial charge in [-0.2, -0.15) is 0 Å². The van der Waals surface area contributed by atoms with E-state index in [0.29, 0.717) is 22.7 Å².